The van der Waals surface area contributed by atoms with Gasteiger partial charge in [0.05, 0.1) is 5.69 Å². The highest BCUT2D eigenvalue weighted by atomic mass is 14.9. The van der Waals surface area contributed by atoms with Gasteiger partial charge >= 0.3 is 0 Å². The Labute approximate surface area is 65.9 Å². The molecular weight excluding hydrogens is 138 g/mol. The summed E-state index contributed by atoms with van der Waals surface area (Å²) in [6.07, 6.45) is 6.52. The molecular formula is C8H11N3. The third-order valence-corrected chi connectivity index (χ3v) is 2.06. The Morgan fingerprint density at radius 2 is 2.45 bits per heavy atom. The van der Waals surface area contributed by atoms with Gasteiger partial charge in [0.2, 0.25) is 0 Å². The van der Waals surface area contributed by atoms with Gasteiger partial charge in [-0.1, -0.05) is 0 Å². The van der Waals surface area contributed by atoms with Crippen LogP contribution in [0, 0.1) is 0 Å². The van der Waals surface area contributed by atoms with Crippen molar-refractivity contribution in [1.82, 2.24) is 15.3 Å². The molecule has 1 aromatic heterocycles. The minimum Gasteiger partial charge on any atom is -0.316 e. The van der Waals surface area contributed by atoms with Crippen molar-refractivity contribution >= 4 is 0 Å². The molecule has 1 aliphatic rings. The molecule has 0 bridgehead atoms. The van der Waals surface area contributed by atoms with E-state index in [1.807, 2.05) is 6.20 Å². The van der Waals surface area contributed by atoms with Crippen molar-refractivity contribution in [2.24, 2.45) is 0 Å². The summed E-state index contributed by atoms with van der Waals surface area (Å²) in [5, 5.41) is 3.30. The molecule has 0 aromatic carbocycles. The monoisotopic (exact) mass is 149 g/mol. The summed E-state index contributed by atoms with van der Waals surface area (Å²) in [5.41, 5.74) is 1.12. The van der Waals surface area contributed by atoms with E-state index in [0.29, 0.717) is 5.92 Å². The molecule has 0 saturated carbocycles. The molecule has 0 unspecified atom stereocenters. The van der Waals surface area contributed by atoms with Crippen LogP contribution in [0.5, 0.6) is 0 Å². The smallest absolute Gasteiger partial charge is 0.0630 e. The summed E-state index contributed by atoms with van der Waals surface area (Å²) in [5.74, 6) is 0.587. The zero-order valence-electron chi connectivity index (χ0n) is 6.33. The van der Waals surface area contributed by atoms with Gasteiger partial charge in [0.25, 0.3) is 0 Å². The standard InChI is InChI=1S/C8H11N3/c1-2-9-5-7(1)8-6-10-3-4-11-8/h3-4,6-7,9H,1-2,5H2/t7-/m0/s1. The summed E-state index contributed by atoms with van der Waals surface area (Å²) < 4.78 is 0. The van der Waals surface area contributed by atoms with Crippen LogP contribution >= 0.6 is 0 Å². The van der Waals surface area contributed by atoms with E-state index in [9.17, 15) is 0 Å². The fourth-order valence-electron chi connectivity index (χ4n) is 1.43. The van der Waals surface area contributed by atoms with E-state index < -0.39 is 0 Å². The Morgan fingerprint density at radius 1 is 1.45 bits per heavy atom. The van der Waals surface area contributed by atoms with E-state index in [1.54, 1.807) is 12.4 Å². The van der Waals surface area contributed by atoms with Gasteiger partial charge in [0.15, 0.2) is 0 Å². The first-order chi connectivity index (χ1) is 5.47. The Bertz CT molecular complexity index is 216. The molecule has 1 aromatic rings. The highest BCUT2D eigenvalue weighted by Crippen LogP contribution is 2.18. The van der Waals surface area contributed by atoms with E-state index >= 15 is 0 Å². The number of hydrogen-bond donors (Lipinski definition) is 1. The quantitative estimate of drug-likeness (QED) is 0.633. The largest absolute Gasteiger partial charge is 0.316 e. The second-order valence-corrected chi connectivity index (χ2v) is 2.82. The van der Waals surface area contributed by atoms with Gasteiger partial charge in [0.1, 0.15) is 0 Å². The van der Waals surface area contributed by atoms with Crippen LogP contribution in [0.1, 0.15) is 18.0 Å². The lowest BCUT2D eigenvalue weighted by molar-refractivity contribution is 0.728. The lowest BCUT2D eigenvalue weighted by atomic mass is 10.1. The fourth-order valence-corrected chi connectivity index (χ4v) is 1.43. The normalized spacial score (nSPS) is 23.8. The molecule has 1 atom stereocenters. The number of nitrogens with zero attached hydrogens (tertiary/aromatic N) is 2. The van der Waals surface area contributed by atoms with Crippen LogP contribution < -0.4 is 5.32 Å². The minimum atomic E-state index is 0.587. The lowest BCUT2D eigenvalue weighted by Gasteiger charge is -2.04. The van der Waals surface area contributed by atoms with E-state index in [0.717, 1.165) is 18.8 Å². The molecule has 3 heteroatoms. The molecule has 1 fully saturated rings. The molecule has 2 rings (SSSR count). The van der Waals surface area contributed by atoms with Crippen molar-refractivity contribution in [2.45, 2.75) is 12.3 Å². The maximum Gasteiger partial charge on any atom is 0.0630 e. The molecule has 2 heterocycles. The van der Waals surface area contributed by atoms with Gasteiger partial charge in [-0.05, 0) is 13.0 Å². The van der Waals surface area contributed by atoms with Crippen LogP contribution in [0.2, 0.25) is 0 Å². The highest BCUT2D eigenvalue weighted by Gasteiger charge is 2.17. The maximum absolute atomic E-state index is 4.26. The third kappa shape index (κ3) is 1.38. The van der Waals surface area contributed by atoms with Crippen LogP contribution in [0.4, 0.5) is 0 Å². The Hall–Kier alpha value is -0.960. The molecule has 0 spiro atoms. The summed E-state index contributed by atoms with van der Waals surface area (Å²) in [4.78, 5) is 8.30. The molecule has 1 aliphatic heterocycles. The first kappa shape index (κ1) is 6.73. The van der Waals surface area contributed by atoms with Crippen molar-refractivity contribution in [3.8, 4) is 0 Å². The van der Waals surface area contributed by atoms with Gasteiger partial charge in [0, 0.05) is 31.1 Å². The van der Waals surface area contributed by atoms with Gasteiger partial charge in [-0.15, -0.1) is 0 Å². The number of hydrogen-bond acceptors (Lipinski definition) is 3. The summed E-state index contributed by atoms with van der Waals surface area (Å²) in [7, 11) is 0. The summed E-state index contributed by atoms with van der Waals surface area (Å²) in [6, 6.07) is 0. The van der Waals surface area contributed by atoms with E-state index in [-0.39, 0.29) is 0 Å². The highest BCUT2D eigenvalue weighted by molar-refractivity contribution is 5.06. The predicted octanol–water partition coefficient (Wildman–Crippen LogP) is 0.553. The SMILES string of the molecule is c1cnc([C@H]2CCNC2)cn1. The zero-order valence-corrected chi connectivity index (χ0v) is 6.33. The van der Waals surface area contributed by atoms with Crippen molar-refractivity contribution in [3.05, 3.63) is 24.3 Å². The van der Waals surface area contributed by atoms with Gasteiger partial charge < -0.3 is 5.32 Å². The van der Waals surface area contributed by atoms with Gasteiger partial charge in [-0.25, -0.2) is 0 Å². The van der Waals surface area contributed by atoms with Crippen LogP contribution in [-0.2, 0) is 0 Å². The van der Waals surface area contributed by atoms with Crippen molar-refractivity contribution in [3.63, 3.8) is 0 Å². The van der Waals surface area contributed by atoms with Crippen molar-refractivity contribution in [1.29, 1.82) is 0 Å². The molecule has 1 N–H and O–H groups in total. The maximum atomic E-state index is 4.26. The number of aromatic nitrogens is 2. The van der Waals surface area contributed by atoms with Crippen LogP contribution in [-0.4, -0.2) is 23.1 Å². The summed E-state index contributed by atoms with van der Waals surface area (Å²) >= 11 is 0. The van der Waals surface area contributed by atoms with Crippen molar-refractivity contribution in [2.75, 3.05) is 13.1 Å². The molecule has 0 aliphatic carbocycles. The Kier molecular flexibility index (Phi) is 1.81. The topological polar surface area (TPSA) is 37.8 Å². The molecule has 11 heavy (non-hydrogen) atoms. The molecule has 0 amide bonds. The van der Waals surface area contributed by atoms with E-state index in [4.69, 9.17) is 0 Å². The number of nitrogens with one attached hydrogen (secondary N) is 1. The molecule has 3 nitrogen and oxygen atoms in total. The third-order valence-electron chi connectivity index (χ3n) is 2.06. The van der Waals surface area contributed by atoms with E-state index in [1.165, 1.54) is 6.42 Å². The van der Waals surface area contributed by atoms with Crippen molar-refractivity contribution < 1.29 is 0 Å². The van der Waals surface area contributed by atoms with Gasteiger partial charge in [-0.2, -0.15) is 0 Å². The van der Waals surface area contributed by atoms with Crippen LogP contribution in [0.25, 0.3) is 0 Å². The van der Waals surface area contributed by atoms with Crippen LogP contribution in [0.3, 0.4) is 0 Å². The molecule has 0 radical (unpaired) electrons. The second-order valence-electron chi connectivity index (χ2n) is 2.82. The first-order valence-electron chi connectivity index (χ1n) is 3.93. The average Bonchev–Trinajstić information content (AvgIpc) is 2.58. The Morgan fingerprint density at radius 3 is 3.09 bits per heavy atom. The van der Waals surface area contributed by atoms with E-state index in [2.05, 4.69) is 15.3 Å². The fraction of sp³-hybridized carbons (Fsp3) is 0.500. The molecule has 1 saturated heterocycles. The number of rotatable bonds is 1. The second kappa shape index (κ2) is 2.96. The predicted molar refractivity (Wildman–Crippen MR) is 42.3 cm³/mol. The summed E-state index contributed by atoms with van der Waals surface area (Å²) in [6.45, 7) is 2.17. The van der Waals surface area contributed by atoms with Crippen LogP contribution in [0.15, 0.2) is 18.6 Å². The first-order valence-corrected chi connectivity index (χ1v) is 3.93. The minimum absolute atomic E-state index is 0.587. The molecule has 58 valence electrons. The Balaban J connectivity index is 2.16. The average molecular weight is 149 g/mol. The zero-order chi connectivity index (χ0) is 7.52. The van der Waals surface area contributed by atoms with Gasteiger partial charge in [-0.3, -0.25) is 9.97 Å². The lowest BCUT2D eigenvalue weighted by Crippen LogP contribution is -2.08.